The van der Waals surface area contributed by atoms with E-state index in [4.69, 9.17) is 9.47 Å². The number of rotatable bonds is 6. The van der Waals surface area contributed by atoms with Crippen LogP contribution in [0.2, 0.25) is 0 Å². The maximum Gasteiger partial charge on any atom is 0.350 e. The lowest BCUT2D eigenvalue weighted by molar-refractivity contribution is -0.132. The number of aliphatic hydroxyl groups is 1. The van der Waals surface area contributed by atoms with Crippen LogP contribution in [-0.4, -0.2) is 41.5 Å². The Morgan fingerprint density at radius 1 is 1.21 bits per heavy atom. The molecule has 1 amide bonds. The fourth-order valence-electron chi connectivity index (χ4n) is 3.52. The number of esters is 1. The number of methoxy groups -OCH3 is 1. The molecule has 0 aliphatic carbocycles. The summed E-state index contributed by atoms with van der Waals surface area (Å²) in [6.07, 6.45) is 0. The van der Waals surface area contributed by atoms with E-state index >= 15 is 0 Å². The van der Waals surface area contributed by atoms with Crippen LogP contribution in [0.1, 0.15) is 38.8 Å². The lowest BCUT2D eigenvalue weighted by atomic mass is 10.00. The van der Waals surface area contributed by atoms with Crippen molar-refractivity contribution in [3.05, 3.63) is 68.4 Å². The van der Waals surface area contributed by atoms with Crippen molar-refractivity contribution in [2.24, 2.45) is 0 Å². The summed E-state index contributed by atoms with van der Waals surface area (Å²) in [6.45, 7) is 3.54. The molecule has 1 saturated heterocycles. The number of aromatic nitrogens is 1. The highest BCUT2D eigenvalue weighted by molar-refractivity contribution is 7.18. The first-order valence-corrected chi connectivity index (χ1v) is 11.7. The molecule has 1 aliphatic rings. The Hall–Kier alpha value is -3.50. The Morgan fingerprint density at radius 3 is 2.55 bits per heavy atom. The number of hydrogen-bond donors (Lipinski definition) is 1. The van der Waals surface area contributed by atoms with Crippen molar-refractivity contribution in [2.45, 2.75) is 19.9 Å². The maximum absolute atomic E-state index is 13.1. The first-order valence-electron chi connectivity index (χ1n) is 10.0. The van der Waals surface area contributed by atoms with Gasteiger partial charge in [-0.2, -0.15) is 0 Å². The van der Waals surface area contributed by atoms with Crippen molar-refractivity contribution in [3.63, 3.8) is 0 Å². The van der Waals surface area contributed by atoms with Crippen LogP contribution < -0.4 is 9.64 Å². The lowest BCUT2D eigenvalue weighted by Gasteiger charge is -2.21. The first kappa shape index (κ1) is 22.7. The molecule has 2 aromatic heterocycles. The second-order valence-electron chi connectivity index (χ2n) is 7.04. The molecule has 0 spiro atoms. The minimum Gasteiger partial charge on any atom is -0.507 e. The third-order valence-electron chi connectivity index (χ3n) is 5.07. The number of aliphatic hydroxyl groups excluding tert-OH is 1. The number of anilines is 1. The Kier molecular flexibility index (Phi) is 6.30. The molecule has 8 nitrogen and oxygen atoms in total. The molecule has 0 saturated carbocycles. The van der Waals surface area contributed by atoms with Crippen molar-refractivity contribution in [2.75, 3.05) is 18.6 Å². The van der Waals surface area contributed by atoms with E-state index in [0.717, 1.165) is 11.3 Å². The summed E-state index contributed by atoms with van der Waals surface area (Å²) in [4.78, 5) is 45.1. The van der Waals surface area contributed by atoms with Gasteiger partial charge < -0.3 is 14.6 Å². The van der Waals surface area contributed by atoms with Gasteiger partial charge in [0.25, 0.3) is 5.78 Å². The highest BCUT2D eigenvalue weighted by atomic mass is 32.1. The number of aryl methyl sites for hydroxylation is 1. The van der Waals surface area contributed by atoms with Crippen LogP contribution in [0.3, 0.4) is 0 Å². The van der Waals surface area contributed by atoms with Gasteiger partial charge in [0, 0.05) is 10.4 Å². The molecule has 3 aromatic rings. The third-order valence-corrected chi connectivity index (χ3v) is 7.13. The monoisotopic (exact) mass is 484 g/mol. The Balaban J connectivity index is 1.85. The minimum atomic E-state index is -0.882. The van der Waals surface area contributed by atoms with E-state index in [1.165, 1.54) is 23.3 Å². The fraction of sp³-hybridized carbons (Fsp3) is 0.217. The largest absolute Gasteiger partial charge is 0.507 e. The van der Waals surface area contributed by atoms with Crippen LogP contribution >= 0.6 is 22.7 Å². The summed E-state index contributed by atoms with van der Waals surface area (Å²) >= 11 is 2.32. The van der Waals surface area contributed by atoms with E-state index < -0.39 is 23.7 Å². The standard InChI is InChI=1S/C23H20N2O6S2/c1-4-31-22(29)20-12(2)24-23(33-20)25-17(15-6-5-11-32-15)16(19(27)21(25)28)18(26)13-7-9-14(30-3)10-8-13/h5-11,17,26H,4H2,1-3H3/b18-16+/t17-/m0/s1. The van der Waals surface area contributed by atoms with Crippen LogP contribution in [-0.2, 0) is 14.3 Å². The summed E-state index contributed by atoms with van der Waals surface area (Å²) < 4.78 is 10.2. The number of ketones is 1. The molecule has 0 radical (unpaired) electrons. The van der Waals surface area contributed by atoms with Crippen LogP contribution in [0.25, 0.3) is 5.76 Å². The van der Waals surface area contributed by atoms with E-state index in [2.05, 4.69) is 4.98 Å². The number of thiophene rings is 1. The SMILES string of the molecule is CCOC(=O)c1sc(N2C(=O)C(=O)/C(=C(/O)c3ccc(OC)cc3)[C@@H]2c2cccs2)nc1C. The zero-order chi connectivity index (χ0) is 23.7. The van der Waals surface area contributed by atoms with E-state index in [1.54, 1.807) is 50.2 Å². The molecule has 170 valence electrons. The van der Waals surface area contributed by atoms with Gasteiger partial charge in [0.15, 0.2) is 5.13 Å². The Morgan fingerprint density at radius 2 is 1.94 bits per heavy atom. The number of hydrogen-bond acceptors (Lipinski definition) is 9. The van der Waals surface area contributed by atoms with Crippen molar-refractivity contribution in [1.82, 2.24) is 4.98 Å². The molecule has 33 heavy (non-hydrogen) atoms. The molecule has 1 fully saturated rings. The second kappa shape index (κ2) is 9.16. The van der Waals surface area contributed by atoms with Gasteiger partial charge in [-0.3, -0.25) is 14.5 Å². The number of Topliss-reactive ketones (excluding diaryl/α,β-unsaturated/α-hetero) is 1. The van der Waals surface area contributed by atoms with Gasteiger partial charge >= 0.3 is 11.9 Å². The summed E-state index contributed by atoms with van der Waals surface area (Å²) in [7, 11) is 1.53. The summed E-state index contributed by atoms with van der Waals surface area (Å²) in [6, 6.07) is 9.22. The van der Waals surface area contributed by atoms with Crippen LogP contribution in [0.4, 0.5) is 5.13 Å². The molecule has 1 atom stereocenters. The molecule has 3 heterocycles. The van der Waals surface area contributed by atoms with Crippen LogP contribution in [0.5, 0.6) is 5.75 Å². The Bertz CT molecular complexity index is 1240. The van der Waals surface area contributed by atoms with Crippen molar-refractivity contribution in [3.8, 4) is 5.75 Å². The summed E-state index contributed by atoms with van der Waals surface area (Å²) in [5.41, 5.74) is 0.728. The molecular weight excluding hydrogens is 464 g/mol. The van der Waals surface area contributed by atoms with Crippen molar-refractivity contribution >= 4 is 51.2 Å². The highest BCUT2D eigenvalue weighted by Crippen LogP contribution is 2.45. The molecule has 0 unspecified atom stereocenters. The highest BCUT2D eigenvalue weighted by Gasteiger charge is 2.48. The molecule has 1 aliphatic heterocycles. The topological polar surface area (TPSA) is 106 Å². The smallest absolute Gasteiger partial charge is 0.350 e. The molecule has 1 N–H and O–H groups in total. The molecule has 10 heteroatoms. The number of nitrogens with zero attached hydrogens (tertiary/aromatic N) is 2. The van der Waals surface area contributed by atoms with Crippen molar-refractivity contribution < 1.29 is 29.0 Å². The van der Waals surface area contributed by atoms with Gasteiger partial charge in [-0.25, -0.2) is 9.78 Å². The normalized spacial score (nSPS) is 17.4. The zero-order valence-corrected chi connectivity index (χ0v) is 19.7. The number of thiazole rings is 1. The number of carbonyl (C=O) groups is 3. The Labute approximate surface area is 197 Å². The maximum atomic E-state index is 13.1. The molecule has 4 rings (SSSR count). The number of carbonyl (C=O) groups excluding carboxylic acids is 3. The predicted octanol–water partition coefficient (Wildman–Crippen LogP) is 4.32. The van der Waals surface area contributed by atoms with E-state index in [-0.39, 0.29) is 27.9 Å². The number of amides is 1. The second-order valence-corrected chi connectivity index (χ2v) is 9.00. The molecule has 0 bridgehead atoms. The average molecular weight is 485 g/mol. The van der Waals surface area contributed by atoms with E-state index in [0.29, 0.717) is 21.9 Å². The van der Waals surface area contributed by atoms with Crippen LogP contribution in [0.15, 0.2) is 47.4 Å². The minimum absolute atomic E-state index is 0.0434. The molecular formula is C23H20N2O6S2. The van der Waals surface area contributed by atoms with Gasteiger partial charge in [-0.15, -0.1) is 11.3 Å². The van der Waals surface area contributed by atoms with Gasteiger partial charge in [0.2, 0.25) is 0 Å². The summed E-state index contributed by atoms with van der Waals surface area (Å²) in [5.74, 6) is -1.90. The lowest BCUT2D eigenvalue weighted by Crippen LogP contribution is -2.29. The van der Waals surface area contributed by atoms with Crippen LogP contribution in [0, 0.1) is 6.92 Å². The van der Waals surface area contributed by atoms with Gasteiger partial charge in [-0.1, -0.05) is 17.4 Å². The first-order chi connectivity index (χ1) is 15.9. The predicted molar refractivity (Wildman–Crippen MR) is 125 cm³/mol. The molecule has 1 aromatic carbocycles. The quantitative estimate of drug-likeness (QED) is 0.240. The van der Waals surface area contributed by atoms with E-state index in [1.807, 2.05) is 5.38 Å². The third kappa shape index (κ3) is 4.03. The van der Waals surface area contributed by atoms with Gasteiger partial charge in [-0.05, 0) is 49.6 Å². The zero-order valence-electron chi connectivity index (χ0n) is 18.0. The number of benzene rings is 1. The summed E-state index contributed by atoms with van der Waals surface area (Å²) in [5, 5.41) is 13.1. The van der Waals surface area contributed by atoms with Crippen molar-refractivity contribution in [1.29, 1.82) is 0 Å². The van der Waals surface area contributed by atoms with Gasteiger partial charge in [0.1, 0.15) is 22.4 Å². The van der Waals surface area contributed by atoms with Gasteiger partial charge in [0.05, 0.1) is 25.0 Å². The fourth-order valence-corrected chi connectivity index (χ4v) is 5.33. The van der Waals surface area contributed by atoms with E-state index in [9.17, 15) is 19.5 Å². The average Bonchev–Trinajstić information content (AvgIpc) is 3.53. The number of ether oxygens (including phenoxy) is 2.